The van der Waals surface area contributed by atoms with Crippen molar-refractivity contribution < 1.29 is 19.1 Å². The average Bonchev–Trinajstić information content (AvgIpc) is 2.57. The molecule has 1 aliphatic heterocycles. The Morgan fingerprint density at radius 2 is 2.00 bits per heavy atom. The van der Waals surface area contributed by atoms with Crippen LogP contribution in [0.2, 0.25) is 0 Å². The molecule has 1 heterocycles. The summed E-state index contributed by atoms with van der Waals surface area (Å²) in [4.78, 5) is 25.8. The molecule has 22 heavy (non-hydrogen) atoms. The third-order valence-corrected chi connectivity index (χ3v) is 4.38. The zero-order valence-electron chi connectivity index (χ0n) is 13.3. The first-order chi connectivity index (χ1) is 10.7. The predicted molar refractivity (Wildman–Crippen MR) is 82.3 cm³/mol. The molecule has 0 unspecified atom stereocenters. The number of likely N-dealkylation sites (N-methyl/N-ethyl adjacent to an activating group) is 1. The molecule has 0 spiro atoms. The van der Waals surface area contributed by atoms with Gasteiger partial charge in [0.15, 0.2) is 6.10 Å². The van der Waals surface area contributed by atoms with Gasteiger partial charge in [0.25, 0.3) is 5.91 Å². The Morgan fingerprint density at radius 1 is 1.27 bits per heavy atom. The number of ether oxygens (including phenoxy) is 2. The Bertz CT molecular complexity index is 399. The van der Waals surface area contributed by atoms with Crippen LogP contribution in [-0.2, 0) is 19.1 Å². The molecule has 0 aromatic heterocycles. The van der Waals surface area contributed by atoms with Gasteiger partial charge in [0.1, 0.15) is 0 Å². The van der Waals surface area contributed by atoms with E-state index in [2.05, 4.69) is 11.9 Å². The minimum absolute atomic E-state index is 0.0285. The number of nitrogens with zero attached hydrogens (tertiary/aromatic N) is 1. The molecule has 2 amide bonds. The van der Waals surface area contributed by atoms with Crippen molar-refractivity contribution in [2.45, 2.75) is 50.8 Å². The minimum atomic E-state index is -0.466. The molecule has 2 rings (SSSR count). The molecule has 1 atom stereocenters. The van der Waals surface area contributed by atoms with E-state index in [0.717, 1.165) is 25.7 Å². The van der Waals surface area contributed by atoms with E-state index < -0.39 is 6.10 Å². The van der Waals surface area contributed by atoms with Gasteiger partial charge < -0.3 is 19.7 Å². The lowest BCUT2D eigenvalue weighted by atomic mass is 9.89. The van der Waals surface area contributed by atoms with Crippen molar-refractivity contribution in [3.8, 4) is 0 Å². The van der Waals surface area contributed by atoms with E-state index in [1.54, 1.807) is 0 Å². The van der Waals surface area contributed by atoms with Crippen molar-refractivity contribution in [2.24, 2.45) is 0 Å². The summed E-state index contributed by atoms with van der Waals surface area (Å²) in [6, 6.07) is 0.407. The normalized spacial score (nSPS) is 28.7. The van der Waals surface area contributed by atoms with Crippen LogP contribution in [-0.4, -0.2) is 61.3 Å². The molecule has 2 fully saturated rings. The fourth-order valence-electron chi connectivity index (χ4n) is 3.20. The second-order valence-electron chi connectivity index (χ2n) is 5.78. The highest BCUT2D eigenvalue weighted by Crippen LogP contribution is 2.24. The summed E-state index contributed by atoms with van der Waals surface area (Å²) >= 11 is 0. The van der Waals surface area contributed by atoms with Crippen molar-refractivity contribution >= 4 is 11.8 Å². The largest absolute Gasteiger partial charge is 0.376 e. The van der Waals surface area contributed by atoms with Crippen molar-refractivity contribution in [2.75, 3.05) is 26.4 Å². The van der Waals surface area contributed by atoms with Crippen LogP contribution >= 0.6 is 0 Å². The van der Waals surface area contributed by atoms with Gasteiger partial charge in [-0.25, -0.2) is 0 Å². The summed E-state index contributed by atoms with van der Waals surface area (Å²) in [7, 11) is 0. The van der Waals surface area contributed by atoms with E-state index in [4.69, 9.17) is 9.47 Å². The highest BCUT2D eigenvalue weighted by atomic mass is 16.6. The molecule has 1 saturated heterocycles. The molecular weight excluding hydrogens is 284 g/mol. The highest BCUT2D eigenvalue weighted by molar-refractivity contribution is 5.87. The molecule has 0 aromatic carbocycles. The Balaban J connectivity index is 1.85. The molecule has 6 nitrogen and oxygen atoms in total. The first-order valence-corrected chi connectivity index (χ1v) is 8.08. The summed E-state index contributed by atoms with van der Waals surface area (Å²) in [5.74, 6) is -0.0968. The maximum Gasteiger partial charge on any atom is 0.254 e. The highest BCUT2D eigenvalue weighted by Gasteiger charge is 2.33. The van der Waals surface area contributed by atoms with Crippen LogP contribution in [0.4, 0.5) is 0 Å². The summed E-state index contributed by atoms with van der Waals surface area (Å²) in [5.41, 5.74) is 0. The quantitative estimate of drug-likeness (QED) is 0.765. The maximum absolute atomic E-state index is 12.6. The number of hydrogen-bond acceptors (Lipinski definition) is 4. The van der Waals surface area contributed by atoms with Gasteiger partial charge in [-0.3, -0.25) is 9.59 Å². The number of carbonyl (C=O) groups is 2. The lowest BCUT2D eigenvalue weighted by Crippen LogP contribution is -2.51. The van der Waals surface area contributed by atoms with E-state index >= 15 is 0 Å². The molecule has 1 saturated carbocycles. The lowest BCUT2D eigenvalue weighted by Gasteiger charge is -2.38. The van der Waals surface area contributed by atoms with Gasteiger partial charge in [0.05, 0.1) is 19.8 Å². The fourth-order valence-corrected chi connectivity index (χ4v) is 3.20. The predicted octanol–water partition coefficient (Wildman–Crippen LogP) is 0.864. The standard InChI is InChI=1S/C16H26N2O4/c1-3-15(19)17-12-5-7-13(8-6-12)18(4-2)16(20)14-11-21-9-10-22-14/h3,12-14H,1,4-11H2,2H3,(H,17,19)/t12?,13?,14-/m1/s1. The van der Waals surface area contributed by atoms with Crippen molar-refractivity contribution in [3.05, 3.63) is 12.7 Å². The molecule has 0 bridgehead atoms. The molecule has 0 aromatic rings. The molecule has 1 N–H and O–H groups in total. The topological polar surface area (TPSA) is 67.9 Å². The van der Waals surface area contributed by atoms with Crippen molar-refractivity contribution in [1.29, 1.82) is 0 Å². The van der Waals surface area contributed by atoms with Crippen LogP contribution in [0, 0.1) is 0 Å². The van der Waals surface area contributed by atoms with E-state index in [1.807, 2.05) is 11.8 Å². The number of rotatable bonds is 5. The molecule has 0 radical (unpaired) electrons. The number of amides is 2. The van der Waals surface area contributed by atoms with E-state index in [-0.39, 0.29) is 23.9 Å². The van der Waals surface area contributed by atoms with Gasteiger partial charge in [0.2, 0.25) is 5.91 Å². The molecule has 1 aliphatic carbocycles. The number of carbonyl (C=O) groups excluding carboxylic acids is 2. The second kappa shape index (κ2) is 8.29. The Kier molecular flexibility index (Phi) is 6.39. The summed E-state index contributed by atoms with van der Waals surface area (Å²) < 4.78 is 10.8. The first kappa shape index (κ1) is 17.0. The third-order valence-electron chi connectivity index (χ3n) is 4.38. The van der Waals surface area contributed by atoms with Crippen LogP contribution in [0.5, 0.6) is 0 Å². The number of hydrogen-bond donors (Lipinski definition) is 1. The van der Waals surface area contributed by atoms with Gasteiger partial charge in [-0.05, 0) is 38.7 Å². The van der Waals surface area contributed by atoms with Gasteiger partial charge in [0, 0.05) is 18.6 Å². The summed E-state index contributed by atoms with van der Waals surface area (Å²) in [5, 5.41) is 2.93. The van der Waals surface area contributed by atoms with Crippen molar-refractivity contribution in [3.63, 3.8) is 0 Å². The van der Waals surface area contributed by atoms with E-state index in [1.165, 1.54) is 6.08 Å². The number of nitrogens with one attached hydrogen (secondary N) is 1. The summed E-state index contributed by atoms with van der Waals surface area (Å²) in [6.45, 7) is 7.52. The molecule has 2 aliphatic rings. The molecule has 124 valence electrons. The Hall–Kier alpha value is -1.40. The monoisotopic (exact) mass is 310 g/mol. The van der Waals surface area contributed by atoms with Gasteiger partial charge in [-0.1, -0.05) is 6.58 Å². The van der Waals surface area contributed by atoms with Crippen LogP contribution in [0.1, 0.15) is 32.6 Å². The van der Waals surface area contributed by atoms with Gasteiger partial charge in [-0.2, -0.15) is 0 Å². The smallest absolute Gasteiger partial charge is 0.254 e. The van der Waals surface area contributed by atoms with Crippen LogP contribution in [0.25, 0.3) is 0 Å². The van der Waals surface area contributed by atoms with Crippen molar-refractivity contribution in [1.82, 2.24) is 10.2 Å². The van der Waals surface area contributed by atoms with Crippen LogP contribution < -0.4 is 5.32 Å². The van der Waals surface area contributed by atoms with E-state index in [9.17, 15) is 9.59 Å². The Morgan fingerprint density at radius 3 is 2.55 bits per heavy atom. The maximum atomic E-state index is 12.6. The fraction of sp³-hybridized carbons (Fsp3) is 0.750. The van der Waals surface area contributed by atoms with Gasteiger partial charge >= 0.3 is 0 Å². The van der Waals surface area contributed by atoms with Crippen LogP contribution in [0.3, 0.4) is 0 Å². The lowest BCUT2D eigenvalue weighted by molar-refractivity contribution is -0.160. The zero-order valence-corrected chi connectivity index (χ0v) is 13.3. The SMILES string of the molecule is C=CC(=O)NC1CCC(N(CC)C(=O)[C@H]2COCCO2)CC1. The van der Waals surface area contributed by atoms with Crippen LogP contribution in [0.15, 0.2) is 12.7 Å². The van der Waals surface area contributed by atoms with E-state index in [0.29, 0.717) is 26.4 Å². The average molecular weight is 310 g/mol. The Labute approximate surface area is 131 Å². The molecular formula is C16H26N2O4. The van der Waals surface area contributed by atoms with Gasteiger partial charge in [-0.15, -0.1) is 0 Å². The molecule has 6 heteroatoms. The first-order valence-electron chi connectivity index (χ1n) is 8.08. The minimum Gasteiger partial charge on any atom is -0.376 e. The second-order valence-corrected chi connectivity index (χ2v) is 5.78. The summed E-state index contributed by atoms with van der Waals surface area (Å²) in [6.07, 6.45) is 4.40. The zero-order chi connectivity index (χ0) is 15.9. The third kappa shape index (κ3) is 4.30.